The molecule has 7 heteroatoms. The van der Waals surface area contributed by atoms with Crippen molar-refractivity contribution in [2.45, 2.75) is 13.5 Å². The second kappa shape index (κ2) is 7.12. The van der Waals surface area contributed by atoms with Gasteiger partial charge in [-0.25, -0.2) is 0 Å². The molecule has 1 amide bonds. The van der Waals surface area contributed by atoms with Crippen LogP contribution in [0.5, 0.6) is 0 Å². The molecule has 0 spiro atoms. The summed E-state index contributed by atoms with van der Waals surface area (Å²) in [5.41, 5.74) is 1.85. The van der Waals surface area contributed by atoms with Gasteiger partial charge in [0.1, 0.15) is 0 Å². The summed E-state index contributed by atoms with van der Waals surface area (Å²) in [6.07, 6.45) is 0. The minimum atomic E-state index is -0.313. The zero-order valence-corrected chi connectivity index (χ0v) is 13.6. The van der Waals surface area contributed by atoms with E-state index in [2.05, 4.69) is 15.4 Å². The van der Waals surface area contributed by atoms with E-state index in [9.17, 15) is 4.79 Å². The smallest absolute Gasteiger partial charge is 0.277 e. The molecule has 0 saturated carbocycles. The molecule has 23 heavy (non-hydrogen) atoms. The molecule has 1 N–H and O–H groups in total. The van der Waals surface area contributed by atoms with Crippen molar-refractivity contribution in [3.8, 4) is 0 Å². The van der Waals surface area contributed by atoms with Crippen LogP contribution in [0.4, 0.5) is 5.69 Å². The first-order valence-electron chi connectivity index (χ1n) is 7.45. The van der Waals surface area contributed by atoms with Crippen LogP contribution in [0.25, 0.3) is 0 Å². The van der Waals surface area contributed by atoms with Crippen molar-refractivity contribution in [3.63, 3.8) is 0 Å². The maximum atomic E-state index is 12.3. The molecule has 1 fully saturated rings. The summed E-state index contributed by atoms with van der Waals surface area (Å²) in [7, 11) is 0. The van der Waals surface area contributed by atoms with Crippen molar-refractivity contribution < 1.29 is 14.1 Å². The van der Waals surface area contributed by atoms with Gasteiger partial charge < -0.3 is 14.6 Å². The van der Waals surface area contributed by atoms with E-state index in [1.54, 1.807) is 18.2 Å². The lowest BCUT2D eigenvalue weighted by Crippen LogP contribution is -2.35. The van der Waals surface area contributed by atoms with E-state index in [1.165, 1.54) is 0 Å². The molecule has 1 aliphatic heterocycles. The first kappa shape index (κ1) is 16.0. The Labute approximate surface area is 139 Å². The van der Waals surface area contributed by atoms with Gasteiger partial charge in [0.15, 0.2) is 11.5 Å². The summed E-state index contributed by atoms with van der Waals surface area (Å²) in [4.78, 5) is 14.5. The van der Waals surface area contributed by atoms with E-state index in [0.29, 0.717) is 23.0 Å². The lowest BCUT2D eigenvalue weighted by atomic mass is 10.2. The first-order chi connectivity index (χ1) is 11.1. The predicted molar refractivity (Wildman–Crippen MR) is 86.7 cm³/mol. The number of nitrogens with zero attached hydrogens (tertiary/aromatic N) is 2. The second-order valence-electron chi connectivity index (χ2n) is 5.48. The van der Waals surface area contributed by atoms with Gasteiger partial charge in [0.05, 0.1) is 19.8 Å². The lowest BCUT2D eigenvalue weighted by molar-refractivity contribution is 0.0305. The third kappa shape index (κ3) is 4.10. The van der Waals surface area contributed by atoms with Crippen LogP contribution in [-0.4, -0.2) is 42.3 Å². The molecule has 1 aromatic heterocycles. The van der Waals surface area contributed by atoms with Crippen molar-refractivity contribution in [3.05, 3.63) is 46.3 Å². The van der Waals surface area contributed by atoms with Crippen LogP contribution in [-0.2, 0) is 11.3 Å². The Hall–Kier alpha value is -1.89. The number of benzene rings is 1. The van der Waals surface area contributed by atoms with Crippen molar-refractivity contribution >= 4 is 23.2 Å². The molecular formula is C16H18ClN3O3. The fourth-order valence-electron chi connectivity index (χ4n) is 2.39. The SMILES string of the molecule is Cc1ccc(Cl)cc1NC(=O)c1cc(CN2CCOCC2)on1. The zero-order chi connectivity index (χ0) is 16.2. The fraction of sp³-hybridized carbons (Fsp3) is 0.375. The van der Waals surface area contributed by atoms with E-state index in [0.717, 1.165) is 31.9 Å². The Morgan fingerprint density at radius 3 is 2.91 bits per heavy atom. The molecule has 1 saturated heterocycles. The van der Waals surface area contributed by atoms with Crippen molar-refractivity contribution in [2.24, 2.45) is 0 Å². The topological polar surface area (TPSA) is 67.6 Å². The summed E-state index contributed by atoms with van der Waals surface area (Å²) >= 11 is 5.96. The van der Waals surface area contributed by atoms with Gasteiger partial charge in [0.2, 0.25) is 0 Å². The summed E-state index contributed by atoms with van der Waals surface area (Å²) in [6.45, 7) is 5.66. The number of hydrogen-bond donors (Lipinski definition) is 1. The average Bonchev–Trinajstić information content (AvgIpc) is 3.00. The van der Waals surface area contributed by atoms with Crippen LogP contribution < -0.4 is 5.32 Å². The number of carbonyl (C=O) groups excluding carboxylic acids is 1. The summed E-state index contributed by atoms with van der Waals surface area (Å²) in [6, 6.07) is 7.02. The summed E-state index contributed by atoms with van der Waals surface area (Å²) in [5, 5.41) is 7.23. The van der Waals surface area contributed by atoms with Gasteiger partial charge in [0, 0.05) is 29.9 Å². The number of rotatable bonds is 4. The molecule has 6 nitrogen and oxygen atoms in total. The summed E-state index contributed by atoms with van der Waals surface area (Å²) < 4.78 is 10.6. The number of aromatic nitrogens is 1. The number of ether oxygens (including phenoxy) is 1. The molecule has 122 valence electrons. The van der Waals surface area contributed by atoms with E-state index < -0.39 is 0 Å². The lowest BCUT2D eigenvalue weighted by Gasteiger charge is -2.25. The molecule has 0 aliphatic carbocycles. The molecule has 0 atom stereocenters. The Morgan fingerprint density at radius 1 is 1.35 bits per heavy atom. The number of carbonyl (C=O) groups is 1. The standard InChI is InChI=1S/C16H18ClN3O3/c1-11-2-3-12(17)8-14(11)18-16(21)15-9-13(23-19-15)10-20-4-6-22-7-5-20/h2-3,8-9H,4-7,10H2,1H3,(H,18,21). The second-order valence-corrected chi connectivity index (χ2v) is 5.92. The largest absolute Gasteiger partial charge is 0.379 e. The van der Waals surface area contributed by atoms with Crippen molar-refractivity contribution in [2.75, 3.05) is 31.6 Å². The average molecular weight is 336 g/mol. The molecule has 2 aromatic rings. The third-order valence-corrected chi connectivity index (χ3v) is 3.96. The Morgan fingerprint density at radius 2 is 2.13 bits per heavy atom. The highest BCUT2D eigenvalue weighted by Gasteiger charge is 2.17. The van der Waals surface area contributed by atoms with Crippen molar-refractivity contribution in [1.29, 1.82) is 0 Å². The highest BCUT2D eigenvalue weighted by molar-refractivity contribution is 6.31. The number of aryl methyl sites for hydroxylation is 1. The number of hydrogen-bond acceptors (Lipinski definition) is 5. The highest BCUT2D eigenvalue weighted by atomic mass is 35.5. The van der Waals surface area contributed by atoms with Crippen LogP contribution in [0.1, 0.15) is 21.8 Å². The number of nitrogens with one attached hydrogen (secondary N) is 1. The Kier molecular flexibility index (Phi) is 4.95. The molecule has 1 aromatic carbocycles. The van der Waals surface area contributed by atoms with E-state index in [1.807, 2.05) is 13.0 Å². The molecule has 3 rings (SSSR count). The van der Waals surface area contributed by atoms with E-state index >= 15 is 0 Å². The van der Waals surface area contributed by atoms with Crippen molar-refractivity contribution in [1.82, 2.24) is 10.1 Å². The number of anilines is 1. The Bertz CT molecular complexity index is 696. The molecule has 1 aliphatic rings. The van der Waals surface area contributed by atoms with Gasteiger partial charge in [-0.3, -0.25) is 9.69 Å². The number of halogens is 1. The minimum Gasteiger partial charge on any atom is -0.379 e. The normalized spacial score (nSPS) is 15.6. The van der Waals surface area contributed by atoms with E-state index in [-0.39, 0.29) is 11.6 Å². The van der Waals surface area contributed by atoms with Gasteiger partial charge in [-0.2, -0.15) is 0 Å². The third-order valence-electron chi connectivity index (χ3n) is 3.72. The maximum Gasteiger partial charge on any atom is 0.277 e. The zero-order valence-electron chi connectivity index (χ0n) is 12.8. The maximum absolute atomic E-state index is 12.3. The van der Waals surface area contributed by atoms with Crippen LogP contribution in [0.3, 0.4) is 0 Å². The minimum absolute atomic E-state index is 0.257. The quantitative estimate of drug-likeness (QED) is 0.930. The Balaban J connectivity index is 1.65. The highest BCUT2D eigenvalue weighted by Crippen LogP contribution is 2.21. The summed E-state index contributed by atoms with van der Waals surface area (Å²) in [5.74, 6) is 0.354. The molecule has 2 heterocycles. The monoisotopic (exact) mass is 335 g/mol. The van der Waals surface area contributed by atoms with Crippen LogP contribution in [0.15, 0.2) is 28.8 Å². The van der Waals surface area contributed by atoms with Gasteiger partial charge in [0.25, 0.3) is 5.91 Å². The van der Waals surface area contributed by atoms with Crippen LogP contribution in [0, 0.1) is 6.92 Å². The van der Waals surface area contributed by atoms with Gasteiger partial charge >= 0.3 is 0 Å². The fourth-order valence-corrected chi connectivity index (χ4v) is 2.56. The van der Waals surface area contributed by atoms with Crippen LogP contribution >= 0.6 is 11.6 Å². The molecule has 0 radical (unpaired) electrons. The predicted octanol–water partition coefficient (Wildman–Crippen LogP) is 2.72. The molecule has 0 bridgehead atoms. The number of amides is 1. The number of morpholine rings is 1. The van der Waals surface area contributed by atoms with Gasteiger partial charge in [-0.15, -0.1) is 0 Å². The molecule has 0 unspecified atom stereocenters. The van der Waals surface area contributed by atoms with Crippen LogP contribution in [0.2, 0.25) is 5.02 Å². The first-order valence-corrected chi connectivity index (χ1v) is 7.83. The van der Waals surface area contributed by atoms with Gasteiger partial charge in [-0.1, -0.05) is 22.8 Å². The molecular weight excluding hydrogens is 318 g/mol. The van der Waals surface area contributed by atoms with E-state index in [4.69, 9.17) is 20.9 Å². The van der Waals surface area contributed by atoms with Gasteiger partial charge in [-0.05, 0) is 24.6 Å².